The molecule has 0 saturated carbocycles. The first-order valence-corrected chi connectivity index (χ1v) is 9.71. The lowest BCUT2D eigenvalue weighted by atomic mass is 10.1. The van der Waals surface area contributed by atoms with E-state index in [2.05, 4.69) is 20.5 Å². The lowest BCUT2D eigenvalue weighted by Gasteiger charge is -2.33. The smallest absolute Gasteiger partial charge is 0.191 e. The van der Waals surface area contributed by atoms with Crippen LogP contribution in [0.3, 0.4) is 0 Å². The molecule has 0 radical (unpaired) electrons. The van der Waals surface area contributed by atoms with Crippen molar-refractivity contribution >= 4 is 5.96 Å². The maximum absolute atomic E-state index is 12.9. The molecule has 1 heterocycles. The molecule has 0 amide bonds. The zero-order valence-electron chi connectivity index (χ0n) is 16.7. The number of piperidine rings is 1. The Morgan fingerprint density at radius 2 is 2.00 bits per heavy atom. The van der Waals surface area contributed by atoms with Gasteiger partial charge in [0.2, 0.25) is 0 Å². The Morgan fingerprint density at radius 3 is 2.63 bits per heavy atom. The molecule has 6 nitrogen and oxygen atoms in total. The Bertz CT molecular complexity index is 560. The van der Waals surface area contributed by atoms with Gasteiger partial charge in [-0.3, -0.25) is 4.99 Å². The Hall–Kier alpha value is -1.86. The van der Waals surface area contributed by atoms with Crippen LogP contribution in [-0.4, -0.2) is 69.9 Å². The van der Waals surface area contributed by atoms with Gasteiger partial charge < -0.3 is 25.0 Å². The van der Waals surface area contributed by atoms with Gasteiger partial charge >= 0.3 is 0 Å². The van der Waals surface area contributed by atoms with Crippen LogP contribution in [0.4, 0.5) is 4.39 Å². The fourth-order valence-electron chi connectivity index (χ4n) is 3.15. The second kappa shape index (κ2) is 11.8. The number of rotatable bonds is 9. The van der Waals surface area contributed by atoms with Crippen molar-refractivity contribution in [1.82, 2.24) is 15.5 Å². The fraction of sp³-hybridized carbons (Fsp3) is 0.650. The molecular weight excluding hydrogens is 347 g/mol. The summed E-state index contributed by atoms with van der Waals surface area (Å²) in [5, 5.41) is 6.81. The quantitative estimate of drug-likeness (QED) is 0.391. The van der Waals surface area contributed by atoms with Gasteiger partial charge in [-0.25, -0.2) is 4.39 Å². The highest BCUT2D eigenvalue weighted by Gasteiger charge is 2.19. The van der Waals surface area contributed by atoms with Crippen LogP contribution >= 0.6 is 0 Å². The summed E-state index contributed by atoms with van der Waals surface area (Å²) in [6.45, 7) is 6.72. The largest absolute Gasteiger partial charge is 0.489 e. The average molecular weight is 381 g/mol. The number of hydrogen-bond acceptors (Lipinski definition) is 4. The van der Waals surface area contributed by atoms with E-state index in [1.54, 1.807) is 26.3 Å². The topological polar surface area (TPSA) is 58.1 Å². The van der Waals surface area contributed by atoms with E-state index in [9.17, 15) is 4.39 Å². The fourth-order valence-corrected chi connectivity index (χ4v) is 3.15. The van der Waals surface area contributed by atoms with Crippen molar-refractivity contribution in [3.63, 3.8) is 0 Å². The molecule has 1 unspecified atom stereocenters. The number of ether oxygens (including phenoxy) is 2. The van der Waals surface area contributed by atoms with Crippen molar-refractivity contribution < 1.29 is 13.9 Å². The van der Waals surface area contributed by atoms with E-state index in [-0.39, 0.29) is 11.9 Å². The molecule has 1 atom stereocenters. The standard InChI is InChI=1S/C20H33FN4O2/c1-16(27-19-7-5-17(21)6-8-19)15-23-20(22-2)24-18-9-12-25(13-10-18)11-4-14-26-3/h5-8,16,18H,4,9-15H2,1-3H3,(H2,22,23,24). The Labute approximate surface area is 162 Å². The second-order valence-electron chi connectivity index (χ2n) is 6.94. The number of hydrogen-bond donors (Lipinski definition) is 2. The van der Waals surface area contributed by atoms with E-state index in [4.69, 9.17) is 9.47 Å². The third-order valence-electron chi connectivity index (χ3n) is 4.68. The predicted octanol–water partition coefficient (Wildman–Crippen LogP) is 2.26. The van der Waals surface area contributed by atoms with E-state index < -0.39 is 0 Å². The van der Waals surface area contributed by atoms with Crippen molar-refractivity contribution in [2.45, 2.75) is 38.3 Å². The van der Waals surface area contributed by atoms with Crippen LogP contribution in [0.2, 0.25) is 0 Å². The number of benzene rings is 1. The van der Waals surface area contributed by atoms with Gasteiger partial charge in [-0.1, -0.05) is 0 Å². The predicted molar refractivity (Wildman–Crippen MR) is 107 cm³/mol. The zero-order valence-corrected chi connectivity index (χ0v) is 16.7. The van der Waals surface area contributed by atoms with Crippen molar-refractivity contribution in [2.75, 3.05) is 46.9 Å². The van der Waals surface area contributed by atoms with Crippen LogP contribution in [-0.2, 0) is 4.74 Å². The van der Waals surface area contributed by atoms with Crippen LogP contribution < -0.4 is 15.4 Å². The van der Waals surface area contributed by atoms with E-state index >= 15 is 0 Å². The summed E-state index contributed by atoms with van der Waals surface area (Å²) in [5.41, 5.74) is 0. The molecule has 1 saturated heterocycles. The first kappa shape index (κ1) is 21.4. The highest BCUT2D eigenvalue weighted by Crippen LogP contribution is 2.13. The minimum absolute atomic E-state index is 0.0587. The minimum Gasteiger partial charge on any atom is -0.489 e. The molecule has 1 aliphatic heterocycles. The molecule has 2 N–H and O–H groups in total. The SMILES string of the molecule is CN=C(NCC(C)Oc1ccc(F)cc1)NC1CCN(CCCOC)CC1. The van der Waals surface area contributed by atoms with Gasteiger partial charge in [-0.05, 0) is 50.5 Å². The number of nitrogens with one attached hydrogen (secondary N) is 2. The van der Waals surface area contributed by atoms with Crippen LogP contribution in [0.15, 0.2) is 29.3 Å². The van der Waals surface area contributed by atoms with Gasteiger partial charge in [0.25, 0.3) is 0 Å². The number of nitrogens with zero attached hydrogens (tertiary/aromatic N) is 2. The molecule has 1 aromatic carbocycles. The molecular formula is C20H33FN4O2. The molecule has 0 bridgehead atoms. The van der Waals surface area contributed by atoms with E-state index in [0.29, 0.717) is 18.3 Å². The average Bonchev–Trinajstić information content (AvgIpc) is 2.68. The maximum Gasteiger partial charge on any atom is 0.191 e. The number of methoxy groups -OCH3 is 1. The molecule has 27 heavy (non-hydrogen) atoms. The van der Waals surface area contributed by atoms with Crippen LogP contribution in [0.25, 0.3) is 0 Å². The highest BCUT2D eigenvalue weighted by atomic mass is 19.1. The van der Waals surface area contributed by atoms with Gasteiger partial charge in [0.15, 0.2) is 5.96 Å². The summed E-state index contributed by atoms with van der Waals surface area (Å²) in [4.78, 5) is 6.80. The summed E-state index contributed by atoms with van der Waals surface area (Å²) >= 11 is 0. The zero-order chi connectivity index (χ0) is 19.5. The molecule has 0 aromatic heterocycles. The molecule has 0 spiro atoms. The van der Waals surface area contributed by atoms with Crippen molar-refractivity contribution in [3.05, 3.63) is 30.1 Å². The highest BCUT2D eigenvalue weighted by molar-refractivity contribution is 5.80. The third-order valence-corrected chi connectivity index (χ3v) is 4.68. The van der Waals surface area contributed by atoms with Gasteiger partial charge in [-0.2, -0.15) is 0 Å². The van der Waals surface area contributed by atoms with E-state index in [1.165, 1.54) is 12.1 Å². The second-order valence-corrected chi connectivity index (χ2v) is 6.94. The van der Waals surface area contributed by atoms with Crippen molar-refractivity contribution in [2.24, 2.45) is 4.99 Å². The summed E-state index contributed by atoms with van der Waals surface area (Å²) in [6.07, 6.45) is 3.24. The maximum atomic E-state index is 12.9. The van der Waals surface area contributed by atoms with Gasteiger partial charge in [0, 0.05) is 46.4 Å². The summed E-state index contributed by atoms with van der Waals surface area (Å²) in [6, 6.07) is 6.51. The molecule has 0 aliphatic carbocycles. The monoisotopic (exact) mass is 380 g/mol. The van der Waals surface area contributed by atoms with Gasteiger partial charge in [-0.15, -0.1) is 0 Å². The number of likely N-dealkylation sites (tertiary alicyclic amines) is 1. The Balaban J connectivity index is 1.66. The molecule has 152 valence electrons. The van der Waals surface area contributed by atoms with E-state index in [1.807, 2.05) is 6.92 Å². The van der Waals surface area contributed by atoms with Crippen LogP contribution in [0, 0.1) is 5.82 Å². The lowest BCUT2D eigenvalue weighted by Crippen LogP contribution is -2.50. The summed E-state index contributed by atoms with van der Waals surface area (Å²) < 4.78 is 23.9. The number of halogens is 1. The summed E-state index contributed by atoms with van der Waals surface area (Å²) in [5.74, 6) is 1.19. The van der Waals surface area contributed by atoms with E-state index in [0.717, 1.165) is 51.5 Å². The number of aliphatic imine (C=N–C) groups is 1. The molecule has 2 rings (SSSR count). The third kappa shape index (κ3) is 8.13. The molecule has 1 fully saturated rings. The van der Waals surface area contributed by atoms with Crippen molar-refractivity contribution in [1.29, 1.82) is 0 Å². The summed E-state index contributed by atoms with van der Waals surface area (Å²) in [7, 11) is 3.53. The lowest BCUT2D eigenvalue weighted by molar-refractivity contribution is 0.155. The van der Waals surface area contributed by atoms with Gasteiger partial charge in [0.05, 0.1) is 6.54 Å². The normalized spacial score (nSPS) is 17.6. The van der Waals surface area contributed by atoms with Gasteiger partial charge in [0.1, 0.15) is 17.7 Å². The Kier molecular flexibility index (Phi) is 9.35. The number of guanidine groups is 1. The van der Waals surface area contributed by atoms with Crippen molar-refractivity contribution in [3.8, 4) is 5.75 Å². The van der Waals surface area contributed by atoms with Crippen LogP contribution in [0.1, 0.15) is 26.2 Å². The van der Waals surface area contributed by atoms with Crippen LogP contribution in [0.5, 0.6) is 5.75 Å². The molecule has 1 aliphatic rings. The minimum atomic E-state index is -0.262. The first-order valence-electron chi connectivity index (χ1n) is 9.71. The first-order chi connectivity index (χ1) is 13.1. The molecule has 1 aromatic rings. The Morgan fingerprint density at radius 1 is 1.30 bits per heavy atom. The molecule has 7 heteroatoms.